The molecule has 0 radical (unpaired) electrons. The maximum absolute atomic E-state index is 5.93. The fourth-order valence-electron chi connectivity index (χ4n) is 1.97. The molecule has 1 aromatic carbocycles. The van der Waals surface area contributed by atoms with Gasteiger partial charge in [-0.25, -0.2) is 4.98 Å². The summed E-state index contributed by atoms with van der Waals surface area (Å²) in [4.78, 5) is 4.26. The van der Waals surface area contributed by atoms with Crippen molar-refractivity contribution in [2.45, 2.75) is 39.2 Å². The van der Waals surface area contributed by atoms with Gasteiger partial charge < -0.3 is 10.5 Å². The summed E-state index contributed by atoms with van der Waals surface area (Å²) in [7, 11) is 0. The summed E-state index contributed by atoms with van der Waals surface area (Å²) in [6.07, 6.45) is 1.71. The van der Waals surface area contributed by atoms with Crippen molar-refractivity contribution in [3.05, 3.63) is 53.7 Å². The molecule has 1 heterocycles. The fourth-order valence-corrected chi connectivity index (χ4v) is 1.97. The van der Waals surface area contributed by atoms with Crippen LogP contribution in [0.4, 0.5) is 0 Å². The molecule has 2 rings (SSSR count). The van der Waals surface area contributed by atoms with Gasteiger partial charge in [0.15, 0.2) is 0 Å². The molecular formula is C17H22N2O. The van der Waals surface area contributed by atoms with Crippen LogP contribution in [0.3, 0.4) is 0 Å². The third kappa shape index (κ3) is 3.36. The van der Waals surface area contributed by atoms with Crippen molar-refractivity contribution in [3.63, 3.8) is 0 Å². The second-order valence-corrected chi connectivity index (χ2v) is 6.06. The summed E-state index contributed by atoms with van der Waals surface area (Å²) < 4.78 is 5.85. The van der Waals surface area contributed by atoms with Crippen molar-refractivity contribution in [2.75, 3.05) is 0 Å². The van der Waals surface area contributed by atoms with Gasteiger partial charge in [0.05, 0.1) is 0 Å². The molecule has 2 aromatic rings. The highest BCUT2D eigenvalue weighted by molar-refractivity contribution is 5.36. The van der Waals surface area contributed by atoms with E-state index in [1.54, 1.807) is 6.20 Å². The average Bonchev–Trinajstić information content (AvgIpc) is 2.38. The normalized spacial score (nSPS) is 13.1. The highest BCUT2D eigenvalue weighted by Gasteiger charge is 2.14. The lowest BCUT2D eigenvalue weighted by Crippen LogP contribution is -2.10. The number of aromatic nitrogens is 1. The minimum Gasteiger partial charge on any atom is -0.439 e. The van der Waals surface area contributed by atoms with Gasteiger partial charge in [-0.1, -0.05) is 39.0 Å². The van der Waals surface area contributed by atoms with Gasteiger partial charge in [-0.15, -0.1) is 0 Å². The Labute approximate surface area is 120 Å². The SMILES string of the molecule is C[C@H](N)c1cccnc1Oc1ccc(C(C)(C)C)cc1. The number of ether oxygens (including phenoxy) is 1. The van der Waals surface area contributed by atoms with Crippen molar-refractivity contribution in [1.29, 1.82) is 0 Å². The molecule has 0 saturated carbocycles. The van der Waals surface area contributed by atoms with E-state index in [9.17, 15) is 0 Å². The van der Waals surface area contributed by atoms with Crippen LogP contribution < -0.4 is 10.5 Å². The van der Waals surface area contributed by atoms with Crippen molar-refractivity contribution < 1.29 is 4.74 Å². The van der Waals surface area contributed by atoms with Crippen LogP contribution in [0, 0.1) is 0 Å². The molecule has 0 aliphatic heterocycles. The van der Waals surface area contributed by atoms with Gasteiger partial charge in [-0.3, -0.25) is 0 Å². The summed E-state index contributed by atoms with van der Waals surface area (Å²) >= 11 is 0. The Morgan fingerprint density at radius 1 is 1.10 bits per heavy atom. The predicted octanol–water partition coefficient (Wildman–Crippen LogP) is 4.19. The van der Waals surface area contributed by atoms with Crippen LogP contribution in [0.15, 0.2) is 42.6 Å². The van der Waals surface area contributed by atoms with Gasteiger partial charge >= 0.3 is 0 Å². The van der Waals surface area contributed by atoms with Crippen LogP contribution in [0.2, 0.25) is 0 Å². The minimum absolute atomic E-state index is 0.104. The van der Waals surface area contributed by atoms with Gasteiger partial charge in [0, 0.05) is 17.8 Å². The van der Waals surface area contributed by atoms with Crippen LogP contribution in [-0.2, 0) is 5.41 Å². The van der Waals surface area contributed by atoms with E-state index in [1.807, 2.05) is 31.2 Å². The third-order valence-electron chi connectivity index (χ3n) is 3.23. The molecule has 0 bridgehead atoms. The van der Waals surface area contributed by atoms with Crippen molar-refractivity contribution >= 4 is 0 Å². The van der Waals surface area contributed by atoms with E-state index in [0.29, 0.717) is 5.88 Å². The zero-order chi connectivity index (χ0) is 14.8. The Bertz CT molecular complexity index is 568. The van der Waals surface area contributed by atoms with E-state index in [-0.39, 0.29) is 11.5 Å². The van der Waals surface area contributed by atoms with E-state index in [1.165, 1.54) is 5.56 Å². The Hall–Kier alpha value is -1.87. The fraction of sp³-hybridized carbons (Fsp3) is 0.353. The predicted molar refractivity (Wildman–Crippen MR) is 82.1 cm³/mol. The van der Waals surface area contributed by atoms with Gasteiger partial charge in [0.25, 0.3) is 0 Å². The molecule has 3 nitrogen and oxygen atoms in total. The largest absolute Gasteiger partial charge is 0.439 e. The zero-order valence-corrected chi connectivity index (χ0v) is 12.6. The van der Waals surface area contributed by atoms with E-state index in [2.05, 4.69) is 37.9 Å². The maximum Gasteiger partial charge on any atom is 0.223 e. The van der Waals surface area contributed by atoms with Crippen LogP contribution >= 0.6 is 0 Å². The lowest BCUT2D eigenvalue weighted by Gasteiger charge is -2.19. The lowest BCUT2D eigenvalue weighted by atomic mass is 9.87. The summed E-state index contributed by atoms with van der Waals surface area (Å²) in [6.45, 7) is 8.49. The molecule has 106 valence electrons. The topological polar surface area (TPSA) is 48.1 Å². The van der Waals surface area contributed by atoms with Crippen LogP contribution in [0.1, 0.15) is 44.9 Å². The first kappa shape index (κ1) is 14.5. The molecule has 0 saturated heterocycles. The van der Waals surface area contributed by atoms with E-state index in [0.717, 1.165) is 11.3 Å². The number of rotatable bonds is 3. The van der Waals surface area contributed by atoms with Gasteiger partial charge in [0.1, 0.15) is 5.75 Å². The number of nitrogens with zero attached hydrogens (tertiary/aromatic N) is 1. The Balaban J connectivity index is 2.23. The standard InChI is InChI=1S/C17H22N2O/c1-12(18)15-6-5-11-19-16(15)20-14-9-7-13(8-10-14)17(2,3)4/h5-12H,18H2,1-4H3/t12-/m0/s1. The number of hydrogen-bond acceptors (Lipinski definition) is 3. The average molecular weight is 270 g/mol. The quantitative estimate of drug-likeness (QED) is 0.909. The molecule has 1 atom stereocenters. The van der Waals surface area contributed by atoms with Crippen LogP contribution in [0.25, 0.3) is 0 Å². The van der Waals surface area contributed by atoms with Crippen molar-refractivity contribution in [1.82, 2.24) is 4.98 Å². The number of hydrogen-bond donors (Lipinski definition) is 1. The summed E-state index contributed by atoms with van der Waals surface area (Å²) in [5.41, 5.74) is 8.25. The summed E-state index contributed by atoms with van der Waals surface area (Å²) in [5, 5.41) is 0. The second kappa shape index (κ2) is 5.63. The maximum atomic E-state index is 5.93. The van der Waals surface area contributed by atoms with Crippen LogP contribution in [-0.4, -0.2) is 4.98 Å². The minimum atomic E-state index is -0.104. The molecule has 1 aromatic heterocycles. The molecule has 0 fully saturated rings. The molecular weight excluding hydrogens is 248 g/mol. The molecule has 0 aliphatic rings. The summed E-state index contributed by atoms with van der Waals surface area (Å²) in [5.74, 6) is 1.35. The monoisotopic (exact) mass is 270 g/mol. The highest BCUT2D eigenvalue weighted by atomic mass is 16.5. The first-order valence-corrected chi connectivity index (χ1v) is 6.87. The Morgan fingerprint density at radius 3 is 2.30 bits per heavy atom. The van der Waals surface area contributed by atoms with Crippen LogP contribution in [0.5, 0.6) is 11.6 Å². The van der Waals surface area contributed by atoms with E-state index in [4.69, 9.17) is 10.5 Å². The summed E-state index contributed by atoms with van der Waals surface area (Å²) in [6, 6.07) is 11.8. The Kier molecular flexibility index (Phi) is 4.09. The first-order valence-electron chi connectivity index (χ1n) is 6.87. The molecule has 3 heteroatoms. The van der Waals surface area contributed by atoms with Crippen molar-refractivity contribution in [3.8, 4) is 11.6 Å². The van der Waals surface area contributed by atoms with E-state index < -0.39 is 0 Å². The number of pyridine rings is 1. The second-order valence-electron chi connectivity index (χ2n) is 6.06. The molecule has 2 N–H and O–H groups in total. The zero-order valence-electron chi connectivity index (χ0n) is 12.6. The van der Waals surface area contributed by atoms with Gasteiger partial charge in [-0.05, 0) is 36.1 Å². The highest BCUT2D eigenvalue weighted by Crippen LogP contribution is 2.28. The number of nitrogens with two attached hydrogens (primary N) is 1. The molecule has 0 unspecified atom stereocenters. The van der Waals surface area contributed by atoms with E-state index >= 15 is 0 Å². The van der Waals surface area contributed by atoms with Gasteiger partial charge in [-0.2, -0.15) is 0 Å². The van der Waals surface area contributed by atoms with Crippen molar-refractivity contribution in [2.24, 2.45) is 5.73 Å². The molecule has 0 amide bonds. The first-order chi connectivity index (χ1) is 9.38. The molecule has 0 aliphatic carbocycles. The third-order valence-corrected chi connectivity index (χ3v) is 3.23. The smallest absolute Gasteiger partial charge is 0.223 e. The Morgan fingerprint density at radius 2 is 1.75 bits per heavy atom. The molecule has 20 heavy (non-hydrogen) atoms. The number of benzene rings is 1. The lowest BCUT2D eigenvalue weighted by molar-refractivity contribution is 0.451. The van der Waals surface area contributed by atoms with Gasteiger partial charge in [0.2, 0.25) is 5.88 Å². The molecule has 0 spiro atoms.